The second-order valence-electron chi connectivity index (χ2n) is 2.41. The molecule has 0 saturated carbocycles. The van der Waals surface area contributed by atoms with Crippen molar-refractivity contribution in [1.29, 1.82) is 0 Å². The van der Waals surface area contributed by atoms with Gasteiger partial charge in [0.1, 0.15) is 0 Å². The summed E-state index contributed by atoms with van der Waals surface area (Å²) in [5.74, 6) is -0.00276. The van der Waals surface area contributed by atoms with Crippen molar-refractivity contribution in [2.24, 2.45) is 0 Å². The average molecular weight is 165 g/mol. The Bertz CT molecular complexity index is 204. The van der Waals surface area contributed by atoms with Crippen LogP contribution in [-0.4, -0.2) is 12.5 Å². The van der Waals surface area contributed by atoms with Crippen LogP contribution in [0.4, 0.5) is 0 Å². The smallest absolute Gasteiger partial charge is 0.216 e. The molecule has 0 radical (unpaired) electrons. The lowest BCUT2D eigenvalue weighted by molar-refractivity contribution is -0.118. The van der Waals surface area contributed by atoms with Gasteiger partial charge < -0.3 is 5.32 Å². The summed E-state index contributed by atoms with van der Waals surface area (Å²) in [6, 6.07) is 0. The highest BCUT2D eigenvalue weighted by atomic mass is 16.1. The van der Waals surface area contributed by atoms with Crippen molar-refractivity contribution >= 4 is 5.91 Å². The van der Waals surface area contributed by atoms with E-state index in [9.17, 15) is 4.79 Å². The van der Waals surface area contributed by atoms with Gasteiger partial charge >= 0.3 is 0 Å². The molecule has 66 valence electrons. The van der Waals surface area contributed by atoms with Gasteiger partial charge in [-0.05, 0) is 12.0 Å². The van der Waals surface area contributed by atoms with E-state index in [1.165, 1.54) is 6.92 Å². The second-order valence-corrected chi connectivity index (χ2v) is 2.41. The lowest BCUT2D eigenvalue weighted by atomic mass is 10.2. The van der Waals surface area contributed by atoms with Gasteiger partial charge in [0.2, 0.25) is 5.91 Å². The van der Waals surface area contributed by atoms with Crippen molar-refractivity contribution in [3.8, 4) is 0 Å². The number of carbonyl (C=O) groups excluding carboxylic acids is 1. The summed E-state index contributed by atoms with van der Waals surface area (Å²) in [5, 5.41) is 2.71. The Kier molecular flexibility index (Phi) is 5.70. The normalized spacial score (nSPS) is 10.6. The van der Waals surface area contributed by atoms with E-state index in [0.29, 0.717) is 6.54 Å². The maximum atomic E-state index is 10.5. The highest BCUT2D eigenvalue weighted by molar-refractivity contribution is 5.72. The molecule has 0 atom stereocenters. The average Bonchev–Trinajstić information content (AvgIpc) is 2.02. The van der Waals surface area contributed by atoms with Gasteiger partial charge in [0, 0.05) is 13.5 Å². The Balaban J connectivity index is 3.73. The minimum absolute atomic E-state index is 0.00276. The van der Waals surface area contributed by atoms with Crippen molar-refractivity contribution < 1.29 is 4.79 Å². The predicted octanol–water partition coefficient (Wildman–Crippen LogP) is 1.81. The number of allylic oxidation sites excluding steroid dienone is 3. The van der Waals surface area contributed by atoms with Crippen LogP contribution >= 0.6 is 0 Å². The van der Waals surface area contributed by atoms with Crippen LogP contribution in [0.15, 0.2) is 37.0 Å². The van der Waals surface area contributed by atoms with Crippen molar-refractivity contribution in [1.82, 2.24) is 5.32 Å². The van der Waals surface area contributed by atoms with Gasteiger partial charge in [-0.2, -0.15) is 0 Å². The molecule has 0 aromatic rings. The molecule has 0 aromatic carbocycles. The van der Waals surface area contributed by atoms with Gasteiger partial charge in [-0.3, -0.25) is 4.79 Å². The molecule has 0 spiro atoms. The van der Waals surface area contributed by atoms with Crippen LogP contribution in [0.2, 0.25) is 0 Å². The molecule has 0 rings (SSSR count). The summed E-state index contributed by atoms with van der Waals surface area (Å²) in [6.07, 6.45) is 6.16. The molecule has 0 aliphatic carbocycles. The van der Waals surface area contributed by atoms with Gasteiger partial charge in [0.25, 0.3) is 0 Å². The van der Waals surface area contributed by atoms with Gasteiger partial charge in [-0.25, -0.2) is 0 Å². The molecule has 0 fully saturated rings. The molecule has 0 bridgehead atoms. The standard InChI is InChI=1S/C10H15NO/c1-4-6-10(5-2)7-8-11-9(3)12/h4-6H,1-2,7-8H2,3H3,(H,11,12)/b10-6+. The van der Waals surface area contributed by atoms with E-state index in [1.807, 2.05) is 6.08 Å². The van der Waals surface area contributed by atoms with Gasteiger partial charge in [-0.1, -0.05) is 31.4 Å². The first-order valence-electron chi connectivity index (χ1n) is 3.89. The first kappa shape index (κ1) is 10.7. The summed E-state index contributed by atoms with van der Waals surface area (Å²) >= 11 is 0. The third kappa shape index (κ3) is 5.47. The summed E-state index contributed by atoms with van der Waals surface area (Å²) < 4.78 is 0. The minimum Gasteiger partial charge on any atom is -0.356 e. The number of hydrogen-bond donors (Lipinski definition) is 1. The Labute approximate surface area is 73.7 Å². The molecule has 0 aliphatic rings. The van der Waals surface area contributed by atoms with E-state index in [0.717, 1.165) is 12.0 Å². The van der Waals surface area contributed by atoms with Crippen molar-refractivity contribution in [3.05, 3.63) is 37.0 Å². The van der Waals surface area contributed by atoms with Gasteiger partial charge in [-0.15, -0.1) is 0 Å². The van der Waals surface area contributed by atoms with Crippen LogP contribution in [0.25, 0.3) is 0 Å². The topological polar surface area (TPSA) is 29.1 Å². The summed E-state index contributed by atoms with van der Waals surface area (Å²) in [5.41, 5.74) is 1.08. The monoisotopic (exact) mass is 165 g/mol. The molecule has 1 amide bonds. The van der Waals surface area contributed by atoms with Crippen LogP contribution in [-0.2, 0) is 4.79 Å². The Morgan fingerprint density at radius 3 is 2.58 bits per heavy atom. The fraction of sp³-hybridized carbons (Fsp3) is 0.300. The largest absolute Gasteiger partial charge is 0.356 e. The zero-order valence-electron chi connectivity index (χ0n) is 7.47. The van der Waals surface area contributed by atoms with E-state index in [2.05, 4.69) is 18.5 Å². The van der Waals surface area contributed by atoms with Crippen LogP contribution in [0, 0.1) is 0 Å². The lowest BCUT2D eigenvalue weighted by Gasteiger charge is -2.01. The molecular formula is C10H15NO. The van der Waals surface area contributed by atoms with Crippen molar-refractivity contribution in [2.75, 3.05) is 6.54 Å². The molecule has 1 N–H and O–H groups in total. The van der Waals surface area contributed by atoms with Crippen LogP contribution in [0.1, 0.15) is 13.3 Å². The van der Waals surface area contributed by atoms with Crippen LogP contribution < -0.4 is 5.32 Å². The van der Waals surface area contributed by atoms with E-state index >= 15 is 0 Å². The summed E-state index contributed by atoms with van der Waals surface area (Å²) in [4.78, 5) is 10.5. The Morgan fingerprint density at radius 1 is 1.50 bits per heavy atom. The molecule has 12 heavy (non-hydrogen) atoms. The fourth-order valence-corrected chi connectivity index (χ4v) is 0.788. The number of hydrogen-bond acceptors (Lipinski definition) is 1. The quantitative estimate of drug-likeness (QED) is 0.618. The van der Waals surface area contributed by atoms with E-state index in [-0.39, 0.29) is 5.91 Å². The first-order valence-corrected chi connectivity index (χ1v) is 3.89. The Hall–Kier alpha value is -1.31. The van der Waals surface area contributed by atoms with Crippen molar-refractivity contribution in [2.45, 2.75) is 13.3 Å². The molecule has 2 heteroatoms. The SMILES string of the molecule is C=C/C=C(\C=C)CCNC(C)=O. The third-order valence-electron chi connectivity index (χ3n) is 1.38. The summed E-state index contributed by atoms with van der Waals surface area (Å²) in [6.45, 7) is 9.39. The molecule has 0 heterocycles. The van der Waals surface area contributed by atoms with Gasteiger partial charge in [0.15, 0.2) is 0 Å². The molecular weight excluding hydrogens is 150 g/mol. The number of carbonyl (C=O) groups is 1. The highest BCUT2D eigenvalue weighted by Crippen LogP contribution is 2.00. The van der Waals surface area contributed by atoms with E-state index < -0.39 is 0 Å². The maximum Gasteiger partial charge on any atom is 0.216 e. The number of rotatable bonds is 5. The fourth-order valence-electron chi connectivity index (χ4n) is 0.788. The van der Waals surface area contributed by atoms with E-state index in [1.54, 1.807) is 12.2 Å². The number of amides is 1. The third-order valence-corrected chi connectivity index (χ3v) is 1.38. The second kappa shape index (κ2) is 6.40. The minimum atomic E-state index is -0.00276. The van der Waals surface area contributed by atoms with Crippen molar-refractivity contribution in [3.63, 3.8) is 0 Å². The number of nitrogens with one attached hydrogen (secondary N) is 1. The molecule has 0 aromatic heterocycles. The highest BCUT2D eigenvalue weighted by Gasteiger charge is 1.92. The zero-order valence-corrected chi connectivity index (χ0v) is 7.47. The van der Waals surface area contributed by atoms with Crippen LogP contribution in [0.5, 0.6) is 0 Å². The van der Waals surface area contributed by atoms with Crippen LogP contribution in [0.3, 0.4) is 0 Å². The molecule has 0 saturated heterocycles. The summed E-state index contributed by atoms with van der Waals surface area (Å²) in [7, 11) is 0. The van der Waals surface area contributed by atoms with E-state index in [4.69, 9.17) is 0 Å². The first-order chi connectivity index (χ1) is 5.70. The Morgan fingerprint density at radius 2 is 2.17 bits per heavy atom. The zero-order chi connectivity index (χ0) is 9.40. The predicted molar refractivity (Wildman–Crippen MR) is 51.8 cm³/mol. The molecule has 0 unspecified atom stereocenters. The molecule has 2 nitrogen and oxygen atoms in total. The molecule has 0 aliphatic heterocycles. The van der Waals surface area contributed by atoms with Gasteiger partial charge in [0.05, 0.1) is 0 Å². The maximum absolute atomic E-state index is 10.5. The lowest BCUT2D eigenvalue weighted by Crippen LogP contribution is -2.20.